The van der Waals surface area contributed by atoms with E-state index in [-0.39, 0.29) is 5.82 Å². The fourth-order valence-electron chi connectivity index (χ4n) is 0.985. The molecule has 0 radical (unpaired) electrons. The van der Waals surface area contributed by atoms with Gasteiger partial charge in [-0.05, 0) is 30.7 Å². The van der Waals surface area contributed by atoms with Gasteiger partial charge in [0.15, 0.2) is 0 Å². The molecule has 0 aromatic heterocycles. The van der Waals surface area contributed by atoms with Gasteiger partial charge in [-0.15, -0.1) is 0 Å². The number of esters is 1. The number of carbonyl (C=O) groups is 1. The van der Waals surface area contributed by atoms with Crippen LogP contribution < -0.4 is 0 Å². The first kappa shape index (κ1) is 11.9. The maximum Gasteiger partial charge on any atom is 0.330 e. The Hall–Kier alpha value is -1.16. The summed E-state index contributed by atoms with van der Waals surface area (Å²) in [6, 6.07) is 4.25. The van der Waals surface area contributed by atoms with Crippen molar-refractivity contribution in [2.24, 2.45) is 0 Å². The number of rotatable bonds is 3. The average molecular weight is 273 g/mol. The highest BCUT2D eigenvalue weighted by atomic mass is 79.9. The van der Waals surface area contributed by atoms with Gasteiger partial charge in [0, 0.05) is 10.5 Å². The minimum Gasteiger partial charge on any atom is -0.463 e. The summed E-state index contributed by atoms with van der Waals surface area (Å²) < 4.78 is 18.0. The molecule has 80 valence electrons. The Bertz CT molecular complexity index is 388. The molecule has 0 saturated carbocycles. The number of carbonyl (C=O) groups excluding carboxylic acids is 1. The molecule has 0 bridgehead atoms. The standard InChI is InChI=1S/C11H10BrFO2/c1-2-15-11(14)6-4-8-3-5-9(13)7-10(8)12/h3-7H,2H2,1H3. The van der Waals surface area contributed by atoms with E-state index in [0.29, 0.717) is 11.1 Å². The van der Waals surface area contributed by atoms with E-state index in [4.69, 9.17) is 4.74 Å². The van der Waals surface area contributed by atoms with Gasteiger partial charge in [0.05, 0.1) is 6.61 Å². The zero-order valence-electron chi connectivity index (χ0n) is 8.17. The van der Waals surface area contributed by atoms with Gasteiger partial charge in [0.1, 0.15) is 5.82 Å². The molecule has 0 aliphatic rings. The second-order valence-corrected chi connectivity index (χ2v) is 3.61. The molecule has 0 aliphatic heterocycles. The summed E-state index contributed by atoms with van der Waals surface area (Å²) in [6.45, 7) is 2.08. The van der Waals surface area contributed by atoms with Crippen LogP contribution in [0.1, 0.15) is 12.5 Å². The highest BCUT2D eigenvalue weighted by Gasteiger charge is 1.99. The number of halogens is 2. The number of ether oxygens (including phenoxy) is 1. The predicted molar refractivity (Wildman–Crippen MR) is 59.8 cm³/mol. The van der Waals surface area contributed by atoms with Crippen LogP contribution in [-0.4, -0.2) is 12.6 Å². The third kappa shape index (κ3) is 3.83. The number of hydrogen-bond acceptors (Lipinski definition) is 2. The molecule has 4 heteroatoms. The molecule has 1 aromatic carbocycles. The molecule has 0 spiro atoms. The summed E-state index contributed by atoms with van der Waals surface area (Å²) in [4.78, 5) is 11.0. The molecule has 0 heterocycles. The van der Waals surface area contributed by atoms with Crippen LogP contribution >= 0.6 is 15.9 Å². The predicted octanol–water partition coefficient (Wildman–Crippen LogP) is 3.16. The molecule has 15 heavy (non-hydrogen) atoms. The lowest BCUT2D eigenvalue weighted by Crippen LogP contribution is -1.98. The zero-order chi connectivity index (χ0) is 11.3. The summed E-state index contributed by atoms with van der Waals surface area (Å²) in [5, 5.41) is 0. The normalized spacial score (nSPS) is 10.6. The van der Waals surface area contributed by atoms with Crippen LogP contribution in [0, 0.1) is 5.82 Å². The average Bonchev–Trinajstić information content (AvgIpc) is 2.17. The Labute approximate surface area is 95.9 Å². The third-order valence-electron chi connectivity index (χ3n) is 1.65. The highest BCUT2D eigenvalue weighted by molar-refractivity contribution is 9.10. The first-order chi connectivity index (χ1) is 7.13. The van der Waals surface area contributed by atoms with Crippen molar-refractivity contribution in [3.05, 3.63) is 40.1 Å². The molecule has 0 amide bonds. The maximum atomic E-state index is 12.7. The van der Waals surface area contributed by atoms with Gasteiger partial charge >= 0.3 is 5.97 Å². The van der Waals surface area contributed by atoms with Gasteiger partial charge in [-0.2, -0.15) is 0 Å². The lowest BCUT2D eigenvalue weighted by atomic mass is 10.2. The van der Waals surface area contributed by atoms with E-state index >= 15 is 0 Å². The van der Waals surface area contributed by atoms with Crippen LogP contribution in [0.3, 0.4) is 0 Å². The molecule has 1 aromatic rings. The van der Waals surface area contributed by atoms with Gasteiger partial charge in [-0.1, -0.05) is 22.0 Å². The van der Waals surface area contributed by atoms with Crippen molar-refractivity contribution in [3.63, 3.8) is 0 Å². The van der Waals surface area contributed by atoms with Gasteiger partial charge in [-0.3, -0.25) is 0 Å². The molecule has 0 atom stereocenters. The Morgan fingerprint density at radius 1 is 1.60 bits per heavy atom. The van der Waals surface area contributed by atoms with E-state index in [2.05, 4.69) is 15.9 Å². The van der Waals surface area contributed by atoms with Crippen molar-refractivity contribution < 1.29 is 13.9 Å². The molecular weight excluding hydrogens is 263 g/mol. The Balaban J connectivity index is 2.76. The Kier molecular flexibility index (Phi) is 4.49. The molecule has 0 fully saturated rings. The van der Waals surface area contributed by atoms with Gasteiger partial charge in [0.2, 0.25) is 0 Å². The first-order valence-corrected chi connectivity index (χ1v) is 5.22. The van der Waals surface area contributed by atoms with E-state index in [1.807, 2.05) is 0 Å². The molecule has 0 N–H and O–H groups in total. The van der Waals surface area contributed by atoms with E-state index in [9.17, 15) is 9.18 Å². The van der Waals surface area contributed by atoms with E-state index in [0.717, 1.165) is 5.56 Å². The minimum absolute atomic E-state index is 0.324. The molecule has 0 unspecified atom stereocenters. The minimum atomic E-state index is -0.409. The van der Waals surface area contributed by atoms with Gasteiger partial charge in [0.25, 0.3) is 0 Å². The molecule has 0 aliphatic carbocycles. The quantitative estimate of drug-likeness (QED) is 0.624. The first-order valence-electron chi connectivity index (χ1n) is 4.43. The number of hydrogen-bond donors (Lipinski definition) is 0. The second-order valence-electron chi connectivity index (χ2n) is 2.75. The molecule has 0 saturated heterocycles. The lowest BCUT2D eigenvalue weighted by Gasteiger charge is -1.98. The Morgan fingerprint density at radius 2 is 2.33 bits per heavy atom. The fraction of sp³-hybridized carbons (Fsp3) is 0.182. The van der Waals surface area contributed by atoms with Gasteiger partial charge < -0.3 is 4.74 Å². The maximum absolute atomic E-state index is 12.7. The van der Waals surface area contributed by atoms with Crippen molar-refractivity contribution in [2.75, 3.05) is 6.61 Å². The van der Waals surface area contributed by atoms with Gasteiger partial charge in [-0.25, -0.2) is 9.18 Å². The molecule has 2 nitrogen and oxygen atoms in total. The van der Waals surface area contributed by atoms with Crippen molar-refractivity contribution >= 4 is 28.0 Å². The monoisotopic (exact) mass is 272 g/mol. The summed E-state index contributed by atoms with van der Waals surface area (Å²) in [5.41, 5.74) is 0.726. The summed E-state index contributed by atoms with van der Waals surface area (Å²) in [6.07, 6.45) is 2.88. The van der Waals surface area contributed by atoms with Crippen LogP contribution in [-0.2, 0) is 9.53 Å². The third-order valence-corrected chi connectivity index (χ3v) is 2.33. The van der Waals surface area contributed by atoms with E-state index in [1.165, 1.54) is 18.2 Å². The SMILES string of the molecule is CCOC(=O)C=Cc1ccc(F)cc1Br. The van der Waals surface area contributed by atoms with E-state index in [1.54, 1.807) is 19.1 Å². The highest BCUT2D eigenvalue weighted by Crippen LogP contribution is 2.19. The molecular formula is C11H10BrFO2. The topological polar surface area (TPSA) is 26.3 Å². The molecule has 1 rings (SSSR count). The largest absolute Gasteiger partial charge is 0.463 e. The number of benzene rings is 1. The summed E-state index contributed by atoms with van der Waals surface area (Å²) in [7, 11) is 0. The van der Waals surface area contributed by atoms with Crippen LogP contribution in [0.4, 0.5) is 4.39 Å². The zero-order valence-corrected chi connectivity index (χ0v) is 9.75. The summed E-state index contributed by atoms with van der Waals surface area (Å²) in [5.74, 6) is -0.733. The van der Waals surface area contributed by atoms with Crippen molar-refractivity contribution in [2.45, 2.75) is 6.92 Å². The van der Waals surface area contributed by atoms with E-state index < -0.39 is 5.97 Å². The van der Waals surface area contributed by atoms with Crippen LogP contribution in [0.25, 0.3) is 6.08 Å². The summed E-state index contributed by atoms with van der Waals surface area (Å²) >= 11 is 3.19. The lowest BCUT2D eigenvalue weighted by molar-refractivity contribution is -0.137. The van der Waals surface area contributed by atoms with Crippen molar-refractivity contribution in [1.29, 1.82) is 0 Å². The van der Waals surface area contributed by atoms with Crippen molar-refractivity contribution in [1.82, 2.24) is 0 Å². The van der Waals surface area contributed by atoms with Crippen molar-refractivity contribution in [3.8, 4) is 0 Å². The van der Waals surface area contributed by atoms with Crippen LogP contribution in [0.5, 0.6) is 0 Å². The smallest absolute Gasteiger partial charge is 0.330 e. The fourth-order valence-corrected chi connectivity index (χ4v) is 1.47. The second kappa shape index (κ2) is 5.66. The van der Waals surface area contributed by atoms with Crippen LogP contribution in [0.15, 0.2) is 28.7 Å². The van der Waals surface area contributed by atoms with Crippen LogP contribution in [0.2, 0.25) is 0 Å². The Morgan fingerprint density at radius 3 is 2.93 bits per heavy atom.